The molecular formula is C21H34N6S. The van der Waals surface area contributed by atoms with E-state index in [2.05, 4.69) is 60.8 Å². The summed E-state index contributed by atoms with van der Waals surface area (Å²) >= 11 is 1.86. The Morgan fingerprint density at radius 3 is 2.96 bits per heavy atom. The van der Waals surface area contributed by atoms with Crippen LogP contribution in [0.1, 0.15) is 35.5 Å². The monoisotopic (exact) mass is 402 g/mol. The fourth-order valence-corrected chi connectivity index (χ4v) is 4.63. The van der Waals surface area contributed by atoms with Gasteiger partial charge in [0.25, 0.3) is 0 Å². The van der Waals surface area contributed by atoms with Gasteiger partial charge in [-0.3, -0.25) is 14.6 Å². The lowest BCUT2D eigenvalue weighted by Gasteiger charge is -2.32. The summed E-state index contributed by atoms with van der Waals surface area (Å²) in [4.78, 5) is 8.43. The van der Waals surface area contributed by atoms with Crippen LogP contribution >= 0.6 is 11.3 Å². The summed E-state index contributed by atoms with van der Waals surface area (Å²) in [6.45, 7) is 10.4. The van der Waals surface area contributed by atoms with Crippen molar-refractivity contribution in [3.8, 4) is 0 Å². The molecule has 0 saturated carbocycles. The summed E-state index contributed by atoms with van der Waals surface area (Å²) in [5.41, 5.74) is 2.31. The van der Waals surface area contributed by atoms with E-state index >= 15 is 0 Å². The summed E-state index contributed by atoms with van der Waals surface area (Å²) in [5, 5.41) is 13.7. The first-order chi connectivity index (χ1) is 13.6. The minimum absolute atomic E-state index is 0.682. The van der Waals surface area contributed by atoms with Gasteiger partial charge in [-0.25, -0.2) is 0 Å². The van der Waals surface area contributed by atoms with Gasteiger partial charge >= 0.3 is 0 Å². The van der Waals surface area contributed by atoms with E-state index in [4.69, 9.17) is 0 Å². The maximum absolute atomic E-state index is 4.52. The average Bonchev–Trinajstić information content (AvgIpc) is 3.30. The van der Waals surface area contributed by atoms with E-state index in [-0.39, 0.29) is 0 Å². The van der Waals surface area contributed by atoms with Crippen LogP contribution in [-0.4, -0.2) is 53.9 Å². The van der Waals surface area contributed by atoms with Crippen LogP contribution < -0.4 is 10.6 Å². The molecule has 28 heavy (non-hydrogen) atoms. The zero-order valence-corrected chi connectivity index (χ0v) is 18.3. The van der Waals surface area contributed by atoms with Crippen LogP contribution in [-0.2, 0) is 13.1 Å². The molecular weight excluding hydrogens is 368 g/mol. The molecule has 0 aliphatic carbocycles. The molecule has 0 spiro atoms. The van der Waals surface area contributed by atoms with Crippen molar-refractivity contribution in [1.82, 2.24) is 25.3 Å². The van der Waals surface area contributed by atoms with Gasteiger partial charge in [0.05, 0.1) is 5.69 Å². The third-order valence-electron chi connectivity index (χ3n) is 5.29. The highest BCUT2D eigenvalue weighted by Gasteiger charge is 2.20. The van der Waals surface area contributed by atoms with E-state index in [9.17, 15) is 0 Å². The molecule has 1 aliphatic rings. The van der Waals surface area contributed by atoms with E-state index in [0.717, 1.165) is 44.3 Å². The number of nitrogens with one attached hydrogen (secondary N) is 2. The van der Waals surface area contributed by atoms with E-state index in [1.54, 1.807) is 0 Å². The van der Waals surface area contributed by atoms with E-state index in [0.29, 0.717) is 5.92 Å². The second kappa shape index (κ2) is 10.6. The van der Waals surface area contributed by atoms with Crippen molar-refractivity contribution < 1.29 is 0 Å². The zero-order valence-electron chi connectivity index (χ0n) is 17.4. The number of aromatic nitrogens is 2. The molecule has 1 aliphatic heterocycles. The quantitative estimate of drug-likeness (QED) is 0.405. The summed E-state index contributed by atoms with van der Waals surface area (Å²) in [7, 11) is 1.85. The molecule has 2 aromatic rings. The fraction of sp³-hybridized carbons (Fsp3) is 0.619. The number of nitrogens with zero attached hydrogens (tertiary/aromatic N) is 4. The number of hydrogen-bond donors (Lipinski definition) is 2. The number of guanidine groups is 1. The minimum atomic E-state index is 0.682. The Kier molecular flexibility index (Phi) is 7.91. The Hall–Kier alpha value is -1.86. The Bertz CT molecular complexity index is 736. The van der Waals surface area contributed by atoms with Crippen molar-refractivity contribution in [3.63, 3.8) is 0 Å². The molecule has 7 heteroatoms. The van der Waals surface area contributed by atoms with Gasteiger partial charge in [-0.05, 0) is 63.1 Å². The van der Waals surface area contributed by atoms with Crippen molar-refractivity contribution in [2.45, 2.75) is 46.2 Å². The Morgan fingerprint density at radius 1 is 1.36 bits per heavy atom. The van der Waals surface area contributed by atoms with Gasteiger partial charge in [0.15, 0.2) is 5.96 Å². The first-order valence-electron chi connectivity index (χ1n) is 10.3. The first-order valence-corrected chi connectivity index (χ1v) is 11.2. The number of aryl methyl sites for hydroxylation is 3. The zero-order chi connectivity index (χ0) is 19.8. The van der Waals surface area contributed by atoms with E-state index in [1.807, 2.05) is 25.3 Å². The molecule has 2 aromatic heterocycles. The average molecular weight is 403 g/mol. The van der Waals surface area contributed by atoms with E-state index in [1.165, 1.54) is 36.5 Å². The Morgan fingerprint density at radius 2 is 2.25 bits per heavy atom. The molecule has 3 rings (SSSR count). The normalized spacial score (nSPS) is 18.4. The van der Waals surface area contributed by atoms with Crippen molar-refractivity contribution in [3.05, 3.63) is 39.8 Å². The SMILES string of the molecule is CN=C(NCCCn1nc(C)cc1C)NCC1CCCN(Cc2cccs2)C1. The lowest BCUT2D eigenvalue weighted by atomic mass is 9.98. The molecule has 3 heterocycles. The first kappa shape index (κ1) is 20.9. The summed E-state index contributed by atoms with van der Waals surface area (Å²) in [6, 6.07) is 6.51. The van der Waals surface area contributed by atoms with Gasteiger partial charge < -0.3 is 10.6 Å². The van der Waals surface area contributed by atoms with Crippen LogP contribution in [0.4, 0.5) is 0 Å². The molecule has 0 bridgehead atoms. The van der Waals surface area contributed by atoms with Crippen LogP contribution in [0.15, 0.2) is 28.6 Å². The van der Waals surface area contributed by atoms with Gasteiger partial charge in [0.2, 0.25) is 0 Å². The highest BCUT2D eigenvalue weighted by Crippen LogP contribution is 2.19. The maximum Gasteiger partial charge on any atom is 0.190 e. The Balaban J connectivity index is 1.34. The molecule has 1 fully saturated rings. The lowest BCUT2D eigenvalue weighted by molar-refractivity contribution is 0.169. The van der Waals surface area contributed by atoms with Crippen LogP contribution in [0, 0.1) is 19.8 Å². The summed E-state index contributed by atoms with van der Waals surface area (Å²) in [6.07, 6.45) is 3.61. The van der Waals surface area contributed by atoms with Crippen LogP contribution in [0.2, 0.25) is 0 Å². The smallest absolute Gasteiger partial charge is 0.190 e. The molecule has 0 amide bonds. The molecule has 6 nitrogen and oxygen atoms in total. The number of piperidine rings is 1. The molecule has 1 atom stereocenters. The predicted octanol–water partition coefficient (Wildman–Crippen LogP) is 3.03. The van der Waals surface area contributed by atoms with Gasteiger partial charge in [-0.2, -0.15) is 5.10 Å². The van der Waals surface area contributed by atoms with Gasteiger partial charge in [-0.1, -0.05) is 6.07 Å². The van der Waals surface area contributed by atoms with Crippen molar-refractivity contribution in [2.75, 3.05) is 33.2 Å². The largest absolute Gasteiger partial charge is 0.356 e. The Labute approximate surface area is 173 Å². The highest BCUT2D eigenvalue weighted by molar-refractivity contribution is 7.09. The van der Waals surface area contributed by atoms with Crippen molar-refractivity contribution >= 4 is 17.3 Å². The third kappa shape index (κ3) is 6.34. The third-order valence-corrected chi connectivity index (χ3v) is 6.15. The molecule has 0 aromatic carbocycles. The standard InChI is InChI=1S/C21H34N6S/c1-17-13-18(2)27(25-17)11-6-9-23-21(22-3)24-14-19-7-4-10-26(15-19)16-20-8-5-12-28-20/h5,8,12-13,19H,4,6-7,9-11,14-16H2,1-3H3,(H2,22,23,24). The fourth-order valence-electron chi connectivity index (χ4n) is 3.88. The number of thiophene rings is 1. The van der Waals surface area contributed by atoms with Gasteiger partial charge in [0.1, 0.15) is 0 Å². The molecule has 0 radical (unpaired) electrons. The van der Waals surface area contributed by atoms with Crippen molar-refractivity contribution in [1.29, 1.82) is 0 Å². The highest BCUT2D eigenvalue weighted by atomic mass is 32.1. The predicted molar refractivity (Wildman–Crippen MR) is 118 cm³/mol. The number of aliphatic imine (C=N–C) groups is 1. The number of rotatable bonds is 8. The maximum atomic E-state index is 4.52. The second-order valence-electron chi connectivity index (χ2n) is 7.71. The molecule has 1 saturated heterocycles. The molecule has 2 N–H and O–H groups in total. The van der Waals surface area contributed by atoms with Crippen molar-refractivity contribution in [2.24, 2.45) is 10.9 Å². The molecule has 154 valence electrons. The second-order valence-corrected chi connectivity index (χ2v) is 8.74. The van der Waals surface area contributed by atoms with Gasteiger partial charge in [0, 0.05) is 50.3 Å². The lowest BCUT2D eigenvalue weighted by Crippen LogP contribution is -2.44. The van der Waals surface area contributed by atoms with Crippen LogP contribution in [0.5, 0.6) is 0 Å². The van der Waals surface area contributed by atoms with E-state index < -0.39 is 0 Å². The molecule has 1 unspecified atom stereocenters. The summed E-state index contributed by atoms with van der Waals surface area (Å²) in [5.74, 6) is 1.59. The van der Waals surface area contributed by atoms with Crippen LogP contribution in [0.3, 0.4) is 0 Å². The topological polar surface area (TPSA) is 57.5 Å². The van der Waals surface area contributed by atoms with Gasteiger partial charge in [-0.15, -0.1) is 11.3 Å². The summed E-state index contributed by atoms with van der Waals surface area (Å²) < 4.78 is 2.08. The number of likely N-dealkylation sites (tertiary alicyclic amines) is 1. The number of hydrogen-bond acceptors (Lipinski definition) is 4. The minimum Gasteiger partial charge on any atom is -0.356 e. The van der Waals surface area contributed by atoms with Crippen LogP contribution in [0.25, 0.3) is 0 Å².